The molecule has 0 atom stereocenters. The van der Waals surface area contributed by atoms with Crippen molar-refractivity contribution in [1.29, 1.82) is 0 Å². The van der Waals surface area contributed by atoms with Gasteiger partial charge in [0.25, 0.3) is 0 Å². The number of rotatable bonds is 3. The molecule has 2 aromatic rings. The number of phenols is 1. The van der Waals surface area contributed by atoms with Crippen molar-refractivity contribution in [3.05, 3.63) is 59.7 Å². The zero-order valence-corrected chi connectivity index (χ0v) is 15.9. The van der Waals surface area contributed by atoms with E-state index < -0.39 is 0 Å². The quantitative estimate of drug-likeness (QED) is 0.851. The Morgan fingerprint density at radius 3 is 1.82 bits per heavy atom. The first-order chi connectivity index (χ1) is 10.2. The van der Waals surface area contributed by atoms with E-state index in [9.17, 15) is 5.11 Å². The molecular weight excluding hydrogens is 349 g/mol. The van der Waals surface area contributed by atoms with Gasteiger partial charge in [-0.15, -0.1) is 0 Å². The second-order valence-corrected chi connectivity index (χ2v) is 5.92. The SMILES string of the molecule is COc1ccc(C2(c3ccc(O)cc3)CCCCC2)cc1.[Y]. The molecule has 0 amide bonds. The van der Waals surface area contributed by atoms with E-state index in [1.165, 1.54) is 43.2 Å². The fourth-order valence-corrected chi connectivity index (χ4v) is 3.59. The monoisotopic (exact) mass is 371 g/mol. The Hall–Kier alpha value is -0.856. The van der Waals surface area contributed by atoms with Gasteiger partial charge >= 0.3 is 0 Å². The van der Waals surface area contributed by atoms with Crippen LogP contribution in [0.1, 0.15) is 43.2 Å². The minimum atomic E-state index is 0. The maximum absolute atomic E-state index is 9.56. The number of hydrogen-bond acceptors (Lipinski definition) is 2. The summed E-state index contributed by atoms with van der Waals surface area (Å²) in [7, 11) is 1.70. The average molecular weight is 371 g/mol. The smallest absolute Gasteiger partial charge is 0.118 e. The van der Waals surface area contributed by atoms with Gasteiger partial charge in [-0.3, -0.25) is 0 Å². The van der Waals surface area contributed by atoms with Gasteiger partial charge in [-0.2, -0.15) is 0 Å². The van der Waals surface area contributed by atoms with Gasteiger partial charge in [0.2, 0.25) is 0 Å². The van der Waals surface area contributed by atoms with Crippen LogP contribution in [-0.4, -0.2) is 12.2 Å². The molecule has 1 aliphatic carbocycles. The molecule has 0 aromatic heterocycles. The molecule has 2 nitrogen and oxygen atoms in total. The Labute approximate surface area is 157 Å². The zero-order valence-electron chi connectivity index (χ0n) is 13.1. The van der Waals surface area contributed by atoms with Crippen LogP contribution in [0, 0.1) is 0 Å². The molecule has 3 rings (SSSR count). The van der Waals surface area contributed by atoms with Crippen LogP contribution in [0.25, 0.3) is 0 Å². The van der Waals surface area contributed by atoms with E-state index in [1.807, 2.05) is 12.1 Å². The zero-order chi connectivity index (χ0) is 14.7. The summed E-state index contributed by atoms with van der Waals surface area (Å²) in [5.74, 6) is 1.23. The Morgan fingerprint density at radius 2 is 1.32 bits per heavy atom. The van der Waals surface area contributed by atoms with Crippen molar-refractivity contribution in [1.82, 2.24) is 0 Å². The number of phenolic OH excluding ortho intramolecular Hbond substituents is 1. The van der Waals surface area contributed by atoms with Gasteiger partial charge in [-0.1, -0.05) is 43.5 Å². The van der Waals surface area contributed by atoms with E-state index in [1.54, 1.807) is 19.2 Å². The Morgan fingerprint density at radius 1 is 0.818 bits per heavy atom. The predicted octanol–water partition coefficient (Wildman–Crippen LogP) is 4.65. The van der Waals surface area contributed by atoms with Gasteiger partial charge < -0.3 is 9.84 Å². The topological polar surface area (TPSA) is 29.5 Å². The molecule has 22 heavy (non-hydrogen) atoms. The molecule has 113 valence electrons. The van der Waals surface area contributed by atoms with Crippen LogP contribution in [0.3, 0.4) is 0 Å². The van der Waals surface area contributed by atoms with Crippen LogP contribution in [0.4, 0.5) is 0 Å². The fraction of sp³-hybridized carbons (Fsp3) is 0.368. The summed E-state index contributed by atoms with van der Waals surface area (Å²) in [5, 5.41) is 9.56. The molecule has 1 saturated carbocycles. The minimum absolute atomic E-state index is 0. The Balaban J connectivity index is 0.00000176. The second kappa shape index (κ2) is 7.61. The molecule has 1 radical (unpaired) electrons. The first kappa shape index (κ1) is 17.5. The van der Waals surface area contributed by atoms with Gasteiger partial charge in [0.15, 0.2) is 0 Å². The number of hydrogen-bond donors (Lipinski definition) is 1. The van der Waals surface area contributed by atoms with Gasteiger partial charge in [-0.05, 0) is 48.2 Å². The summed E-state index contributed by atoms with van der Waals surface area (Å²) in [5.41, 5.74) is 2.75. The molecule has 0 aliphatic heterocycles. The third-order valence-corrected chi connectivity index (χ3v) is 4.77. The van der Waals surface area contributed by atoms with E-state index in [2.05, 4.69) is 24.3 Å². The largest absolute Gasteiger partial charge is 0.508 e. The summed E-state index contributed by atoms with van der Waals surface area (Å²) in [6.45, 7) is 0. The molecule has 1 fully saturated rings. The van der Waals surface area contributed by atoms with Crippen molar-refractivity contribution >= 4 is 0 Å². The van der Waals surface area contributed by atoms with Crippen LogP contribution in [0.2, 0.25) is 0 Å². The third-order valence-electron chi connectivity index (χ3n) is 4.77. The molecule has 0 heterocycles. The van der Waals surface area contributed by atoms with E-state index >= 15 is 0 Å². The number of aromatic hydroxyl groups is 1. The summed E-state index contributed by atoms with van der Waals surface area (Å²) in [6, 6.07) is 16.2. The van der Waals surface area contributed by atoms with E-state index in [4.69, 9.17) is 4.74 Å². The predicted molar refractivity (Wildman–Crippen MR) is 85.0 cm³/mol. The van der Waals surface area contributed by atoms with Crippen molar-refractivity contribution in [3.8, 4) is 11.5 Å². The van der Waals surface area contributed by atoms with E-state index in [0.29, 0.717) is 5.75 Å². The normalized spacial score (nSPS) is 16.6. The molecule has 2 aromatic carbocycles. The van der Waals surface area contributed by atoms with Crippen molar-refractivity contribution in [2.24, 2.45) is 0 Å². The van der Waals surface area contributed by atoms with Gasteiger partial charge in [0, 0.05) is 38.1 Å². The fourth-order valence-electron chi connectivity index (χ4n) is 3.59. The van der Waals surface area contributed by atoms with Crippen molar-refractivity contribution in [2.45, 2.75) is 37.5 Å². The van der Waals surface area contributed by atoms with Crippen molar-refractivity contribution in [3.63, 3.8) is 0 Å². The van der Waals surface area contributed by atoms with Crippen LogP contribution >= 0.6 is 0 Å². The van der Waals surface area contributed by atoms with E-state index in [-0.39, 0.29) is 38.1 Å². The number of methoxy groups -OCH3 is 1. The summed E-state index contributed by atoms with van der Waals surface area (Å²) in [6.07, 6.45) is 6.17. The minimum Gasteiger partial charge on any atom is -0.508 e. The average Bonchev–Trinajstić information content (AvgIpc) is 2.56. The van der Waals surface area contributed by atoms with Crippen LogP contribution in [0.5, 0.6) is 11.5 Å². The molecule has 3 heteroatoms. The standard InChI is InChI=1S/C19H22O2.Y/c1-21-18-11-7-16(8-12-18)19(13-3-2-4-14-19)15-5-9-17(20)10-6-15;/h5-12,20H,2-4,13-14H2,1H3;. The number of ether oxygens (including phenoxy) is 1. The summed E-state index contributed by atoms with van der Waals surface area (Å²) in [4.78, 5) is 0. The molecule has 1 aliphatic rings. The molecule has 0 saturated heterocycles. The Bertz CT molecular complexity index is 584. The molecule has 1 N–H and O–H groups in total. The first-order valence-electron chi connectivity index (χ1n) is 7.69. The maximum atomic E-state index is 9.56. The van der Waals surface area contributed by atoms with Crippen LogP contribution in [0.15, 0.2) is 48.5 Å². The van der Waals surface area contributed by atoms with Crippen LogP contribution < -0.4 is 4.74 Å². The van der Waals surface area contributed by atoms with Crippen molar-refractivity contribution in [2.75, 3.05) is 7.11 Å². The second-order valence-electron chi connectivity index (χ2n) is 5.92. The number of benzene rings is 2. The first-order valence-corrected chi connectivity index (χ1v) is 7.69. The molecule has 0 unspecified atom stereocenters. The Kier molecular flexibility index (Phi) is 6.05. The van der Waals surface area contributed by atoms with Gasteiger partial charge in [-0.25, -0.2) is 0 Å². The molecule has 0 spiro atoms. The summed E-state index contributed by atoms with van der Waals surface area (Å²) < 4.78 is 5.28. The van der Waals surface area contributed by atoms with Gasteiger partial charge in [0.05, 0.1) is 7.11 Å². The maximum Gasteiger partial charge on any atom is 0.118 e. The summed E-state index contributed by atoms with van der Waals surface area (Å²) >= 11 is 0. The molecular formula is C19H22O2Y. The van der Waals surface area contributed by atoms with Crippen LogP contribution in [-0.2, 0) is 38.1 Å². The molecule has 0 bridgehead atoms. The van der Waals surface area contributed by atoms with Crippen molar-refractivity contribution < 1.29 is 42.6 Å². The third kappa shape index (κ3) is 3.39. The van der Waals surface area contributed by atoms with E-state index in [0.717, 1.165) is 5.75 Å². The van der Waals surface area contributed by atoms with Gasteiger partial charge in [0.1, 0.15) is 11.5 Å².